The van der Waals surface area contributed by atoms with Crippen molar-refractivity contribution >= 4 is 22.5 Å². The van der Waals surface area contributed by atoms with Crippen molar-refractivity contribution in [1.82, 2.24) is 9.97 Å². The van der Waals surface area contributed by atoms with Crippen LogP contribution < -0.4 is 10.1 Å². The molecule has 0 aliphatic rings. The fraction of sp³-hybridized carbons (Fsp3) is 0.118. The fourth-order valence-corrected chi connectivity index (χ4v) is 2.28. The SMILES string of the molecule is COc1ccc(NC(=O)c2cc3cnccc3nc2C(F)(F)F)cc1. The Morgan fingerprint density at radius 2 is 1.88 bits per heavy atom. The van der Waals surface area contributed by atoms with Gasteiger partial charge in [-0.3, -0.25) is 9.78 Å². The predicted molar refractivity (Wildman–Crippen MR) is 85.5 cm³/mol. The third kappa shape index (κ3) is 3.52. The molecule has 0 saturated heterocycles. The highest BCUT2D eigenvalue weighted by Crippen LogP contribution is 2.32. The number of nitrogens with zero attached hydrogens (tertiary/aromatic N) is 2. The van der Waals surface area contributed by atoms with Gasteiger partial charge in [-0.05, 0) is 36.4 Å². The average Bonchev–Trinajstić information content (AvgIpc) is 2.60. The van der Waals surface area contributed by atoms with Crippen LogP contribution in [0.1, 0.15) is 16.1 Å². The second-order valence-corrected chi connectivity index (χ2v) is 5.13. The molecule has 1 N–H and O–H groups in total. The van der Waals surface area contributed by atoms with Crippen LogP contribution in [0.25, 0.3) is 10.9 Å². The van der Waals surface area contributed by atoms with Gasteiger partial charge in [-0.15, -0.1) is 0 Å². The summed E-state index contributed by atoms with van der Waals surface area (Å²) in [7, 11) is 1.48. The number of hydrogen-bond donors (Lipinski definition) is 1. The number of anilines is 1. The minimum absolute atomic E-state index is 0.114. The van der Waals surface area contributed by atoms with Gasteiger partial charge in [0.15, 0.2) is 5.69 Å². The van der Waals surface area contributed by atoms with Gasteiger partial charge < -0.3 is 10.1 Å². The third-order valence-corrected chi connectivity index (χ3v) is 3.48. The van der Waals surface area contributed by atoms with E-state index in [1.807, 2.05) is 0 Å². The van der Waals surface area contributed by atoms with Crippen molar-refractivity contribution in [1.29, 1.82) is 0 Å². The molecule has 0 bridgehead atoms. The molecule has 1 aromatic carbocycles. The maximum atomic E-state index is 13.3. The van der Waals surface area contributed by atoms with Crippen LogP contribution in [0, 0.1) is 0 Å². The third-order valence-electron chi connectivity index (χ3n) is 3.48. The summed E-state index contributed by atoms with van der Waals surface area (Å²) < 4.78 is 44.9. The Morgan fingerprint density at radius 1 is 1.16 bits per heavy atom. The Hall–Kier alpha value is -3.16. The Kier molecular flexibility index (Phi) is 4.26. The molecule has 0 unspecified atom stereocenters. The van der Waals surface area contributed by atoms with Crippen LogP contribution in [0.2, 0.25) is 0 Å². The molecule has 0 fully saturated rings. The average molecular weight is 347 g/mol. The molecule has 128 valence electrons. The van der Waals surface area contributed by atoms with Crippen molar-refractivity contribution in [3.05, 3.63) is 60.0 Å². The lowest BCUT2D eigenvalue weighted by atomic mass is 10.1. The minimum atomic E-state index is -4.76. The van der Waals surface area contributed by atoms with Crippen molar-refractivity contribution < 1.29 is 22.7 Å². The van der Waals surface area contributed by atoms with Crippen LogP contribution >= 0.6 is 0 Å². The molecule has 0 saturated carbocycles. The van der Waals surface area contributed by atoms with Gasteiger partial charge in [0.1, 0.15) is 5.75 Å². The van der Waals surface area contributed by atoms with Crippen LogP contribution in [0.3, 0.4) is 0 Å². The number of hydrogen-bond acceptors (Lipinski definition) is 4. The first-order valence-electron chi connectivity index (χ1n) is 7.16. The minimum Gasteiger partial charge on any atom is -0.497 e. The van der Waals surface area contributed by atoms with E-state index in [0.29, 0.717) is 16.8 Å². The smallest absolute Gasteiger partial charge is 0.434 e. The van der Waals surface area contributed by atoms with Gasteiger partial charge in [0.2, 0.25) is 0 Å². The zero-order chi connectivity index (χ0) is 18.0. The molecule has 1 amide bonds. The van der Waals surface area contributed by atoms with Gasteiger partial charge in [0.25, 0.3) is 5.91 Å². The summed E-state index contributed by atoms with van der Waals surface area (Å²) in [4.78, 5) is 19.8. The molecule has 25 heavy (non-hydrogen) atoms. The van der Waals surface area contributed by atoms with E-state index in [1.165, 1.54) is 37.7 Å². The number of ether oxygens (including phenoxy) is 1. The van der Waals surface area contributed by atoms with Crippen molar-refractivity contribution in [3.8, 4) is 5.75 Å². The lowest BCUT2D eigenvalue weighted by molar-refractivity contribution is -0.141. The zero-order valence-corrected chi connectivity index (χ0v) is 13.0. The summed E-state index contributed by atoms with van der Waals surface area (Å²) in [5, 5.41) is 2.77. The van der Waals surface area contributed by atoms with Gasteiger partial charge in [-0.1, -0.05) is 0 Å². The maximum absolute atomic E-state index is 13.3. The number of nitrogens with one attached hydrogen (secondary N) is 1. The summed E-state index contributed by atoms with van der Waals surface area (Å²) in [6, 6.07) is 8.72. The summed E-state index contributed by atoms with van der Waals surface area (Å²) in [6.07, 6.45) is -2.07. The van der Waals surface area contributed by atoms with Gasteiger partial charge in [0, 0.05) is 23.5 Å². The van der Waals surface area contributed by atoms with Crippen molar-refractivity contribution in [2.24, 2.45) is 0 Å². The molecule has 5 nitrogen and oxygen atoms in total. The second kappa shape index (κ2) is 6.39. The Morgan fingerprint density at radius 3 is 2.52 bits per heavy atom. The van der Waals surface area contributed by atoms with Crippen LogP contribution in [0.15, 0.2) is 48.8 Å². The molecular weight excluding hydrogens is 335 g/mol. The topological polar surface area (TPSA) is 64.1 Å². The van der Waals surface area contributed by atoms with Gasteiger partial charge in [-0.25, -0.2) is 4.98 Å². The lowest BCUT2D eigenvalue weighted by Crippen LogP contribution is -2.20. The maximum Gasteiger partial charge on any atom is 0.434 e. The molecule has 0 spiro atoms. The number of alkyl halides is 3. The van der Waals surface area contributed by atoms with Crippen LogP contribution in [-0.2, 0) is 6.18 Å². The number of carbonyl (C=O) groups is 1. The van der Waals surface area contributed by atoms with E-state index in [1.54, 1.807) is 12.1 Å². The molecule has 0 radical (unpaired) electrons. The van der Waals surface area contributed by atoms with E-state index in [9.17, 15) is 18.0 Å². The number of aromatic nitrogens is 2. The summed E-state index contributed by atoms with van der Waals surface area (Å²) >= 11 is 0. The first-order chi connectivity index (χ1) is 11.9. The molecule has 0 aliphatic heterocycles. The van der Waals surface area contributed by atoms with E-state index >= 15 is 0 Å². The normalized spacial score (nSPS) is 11.4. The Balaban J connectivity index is 2.01. The number of pyridine rings is 2. The molecule has 0 atom stereocenters. The number of rotatable bonds is 3. The highest BCUT2D eigenvalue weighted by atomic mass is 19.4. The number of halogens is 3. The standard InChI is InChI=1S/C17H12F3N3O2/c1-25-12-4-2-11(3-5-12)22-16(24)13-8-10-9-21-7-6-14(10)23-15(13)17(18,19)20/h2-9H,1H3,(H,22,24). The summed E-state index contributed by atoms with van der Waals surface area (Å²) in [5.41, 5.74) is -1.35. The molecular formula is C17H12F3N3O2. The largest absolute Gasteiger partial charge is 0.497 e. The summed E-state index contributed by atoms with van der Waals surface area (Å²) in [5.74, 6) is -0.344. The highest BCUT2D eigenvalue weighted by Gasteiger charge is 2.37. The first kappa shape index (κ1) is 16.7. The second-order valence-electron chi connectivity index (χ2n) is 5.13. The van der Waals surface area contributed by atoms with Gasteiger partial charge in [-0.2, -0.15) is 13.2 Å². The van der Waals surface area contributed by atoms with Crippen LogP contribution in [0.4, 0.5) is 18.9 Å². The molecule has 3 aromatic rings. The van der Waals surface area contributed by atoms with E-state index in [0.717, 1.165) is 6.07 Å². The fourth-order valence-electron chi connectivity index (χ4n) is 2.28. The number of fused-ring (bicyclic) bond motifs is 1. The molecule has 8 heteroatoms. The van der Waals surface area contributed by atoms with E-state index in [2.05, 4.69) is 15.3 Å². The molecule has 3 rings (SSSR count). The number of benzene rings is 1. The van der Waals surface area contributed by atoms with Crippen LogP contribution in [0.5, 0.6) is 5.75 Å². The van der Waals surface area contributed by atoms with Gasteiger partial charge in [0.05, 0.1) is 18.2 Å². The number of amides is 1. The molecule has 2 heterocycles. The first-order valence-corrected chi connectivity index (χ1v) is 7.16. The summed E-state index contributed by atoms with van der Waals surface area (Å²) in [6.45, 7) is 0. The predicted octanol–water partition coefficient (Wildman–Crippen LogP) is 3.91. The quantitative estimate of drug-likeness (QED) is 0.780. The number of carbonyl (C=O) groups excluding carboxylic acids is 1. The highest BCUT2D eigenvalue weighted by molar-refractivity contribution is 6.06. The molecule has 2 aromatic heterocycles. The zero-order valence-electron chi connectivity index (χ0n) is 13.0. The van der Waals surface area contributed by atoms with E-state index in [4.69, 9.17) is 4.74 Å². The van der Waals surface area contributed by atoms with E-state index < -0.39 is 23.3 Å². The van der Waals surface area contributed by atoms with Crippen molar-refractivity contribution in [3.63, 3.8) is 0 Å². The number of methoxy groups -OCH3 is 1. The van der Waals surface area contributed by atoms with Gasteiger partial charge >= 0.3 is 6.18 Å². The Labute approximate surface area is 140 Å². The monoisotopic (exact) mass is 347 g/mol. The van der Waals surface area contributed by atoms with Crippen molar-refractivity contribution in [2.45, 2.75) is 6.18 Å². The van der Waals surface area contributed by atoms with E-state index in [-0.39, 0.29) is 5.52 Å². The molecule has 0 aliphatic carbocycles. The van der Waals surface area contributed by atoms with Crippen LogP contribution in [-0.4, -0.2) is 23.0 Å². The van der Waals surface area contributed by atoms with Crippen molar-refractivity contribution in [2.75, 3.05) is 12.4 Å². The lowest BCUT2D eigenvalue weighted by Gasteiger charge is -2.13. The Bertz CT molecular complexity index is 925.